The molecule has 17 heavy (non-hydrogen) atoms. The van der Waals surface area contributed by atoms with Gasteiger partial charge in [-0.15, -0.1) is 0 Å². The maximum absolute atomic E-state index is 10.6. The van der Waals surface area contributed by atoms with Crippen molar-refractivity contribution in [2.45, 2.75) is 13.8 Å². The Labute approximate surface area is 126 Å². The quantitative estimate of drug-likeness (QED) is 0.703. The Morgan fingerprint density at radius 1 is 1.18 bits per heavy atom. The number of hydrogen-bond acceptors (Lipinski definition) is 2. The van der Waals surface area contributed by atoms with Gasteiger partial charge >= 0.3 is 5.97 Å². The van der Waals surface area contributed by atoms with Crippen LogP contribution in [-0.2, 0) is 4.74 Å². The largest absolute Gasteiger partial charge is 0.478 e. The summed E-state index contributed by atoms with van der Waals surface area (Å²) in [6.07, 6.45) is 0. The molecule has 3 nitrogen and oxygen atoms in total. The summed E-state index contributed by atoms with van der Waals surface area (Å²) >= 11 is 9.67. The molecule has 0 fully saturated rings. The van der Waals surface area contributed by atoms with Crippen LogP contribution >= 0.6 is 47.8 Å². The zero-order valence-electron chi connectivity index (χ0n) is 9.47. The number of carboxylic acid groups (broad SMARTS) is 1. The number of benzene rings is 1. The molecule has 0 unspecified atom stereocenters. The monoisotopic (exact) mass is 430 g/mol. The average molecular weight is 433 g/mol. The van der Waals surface area contributed by atoms with Gasteiger partial charge in [-0.05, 0) is 73.8 Å². The Hall–Kier alpha value is 0.0900. The number of carboxylic acids is 1. The Morgan fingerprint density at radius 2 is 1.71 bits per heavy atom. The van der Waals surface area contributed by atoms with Crippen LogP contribution in [-0.4, -0.2) is 24.3 Å². The van der Waals surface area contributed by atoms with Crippen LogP contribution in [0.3, 0.4) is 0 Å². The Balaban J connectivity index is 0.000000437. The lowest BCUT2D eigenvalue weighted by molar-refractivity contribution is 0.0696. The van der Waals surface area contributed by atoms with Crippen LogP contribution in [0, 0.1) is 0 Å². The fourth-order valence-electron chi connectivity index (χ4n) is 0.895. The van der Waals surface area contributed by atoms with E-state index in [0.717, 1.165) is 17.7 Å². The lowest BCUT2D eigenvalue weighted by Gasteiger charge is -2.02. The second-order valence-corrected chi connectivity index (χ2v) is 5.25. The van der Waals surface area contributed by atoms with Crippen LogP contribution in [0.15, 0.2) is 25.6 Å². The lowest BCUT2D eigenvalue weighted by atomic mass is 10.2. The van der Waals surface area contributed by atoms with E-state index in [2.05, 4.69) is 47.8 Å². The highest BCUT2D eigenvalue weighted by Gasteiger charge is 2.12. The minimum absolute atomic E-state index is 0.241. The average Bonchev–Trinajstić information content (AvgIpc) is 2.27. The standard InChI is InChI=1S/C7H3Br3O2.C4H10O/c8-4-2-1-3(7(11)12)5(9)6(4)10;1-3-5-4-2/h1-2H,(H,11,12);3-4H2,1-2H3. The van der Waals surface area contributed by atoms with E-state index in [-0.39, 0.29) is 5.56 Å². The van der Waals surface area contributed by atoms with Crippen molar-refractivity contribution >= 4 is 53.8 Å². The van der Waals surface area contributed by atoms with Gasteiger partial charge in [0, 0.05) is 26.6 Å². The van der Waals surface area contributed by atoms with Gasteiger partial charge in [0.2, 0.25) is 0 Å². The van der Waals surface area contributed by atoms with Gasteiger partial charge < -0.3 is 9.84 Å². The molecule has 0 aliphatic rings. The molecule has 96 valence electrons. The highest BCUT2D eigenvalue weighted by Crippen LogP contribution is 2.33. The first kappa shape index (κ1) is 17.1. The molecular weight excluding hydrogens is 420 g/mol. The molecule has 0 bridgehead atoms. The molecule has 0 heterocycles. The molecule has 0 aliphatic heterocycles. The van der Waals surface area contributed by atoms with Crippen molar-refractivity contribution in [3.63, 3.8) is 0 Å². The van der Waals surface area contributed by atoms with Crippen LogP contribution in [0.4, 0.5) is 0 Å². The lowest BCUT2D eigenvalue weighted by Crippen LogP contribution is -1.97. The molecule has 0 spiro atoms. The molecule has 0 saturated carbocycles. The minimum Gasteiger partial charge on any atom is -0.478 e. The van der Waals surface area contributed by atoms with E-state index in [1.54, 1.807) is 6.07 Å². The summed E-state index contributed by atoms with van der Waals surface area (Å²) in [5.41, 5.74) is 0.241. The number of carbonyl (C=O) groups is 1. The Kier molecular flexibility index (Phi) is 9.13. The van der Waals surface area contributed by atoms with E-state index >= 15 is 0 Å². The van der Waals surface area contributed by atoms with Gasteiger partial charge in [-0.3, -0.25) is 0 Å². The van der Waals surface area contributed by atoms with Crippen molar-refractivity contribution in [2.24, 2.45) is 0 Å². The highest BCUT2D eigenvalue weighted by atomic mass is 79.9. The van der Waals surface area contributed by atoms with Crippen molar-refractivity contribution in [1.29, 1.82) is 0 Å². The summed E-state index contributed by atoms with van der Waals surface area (Å²) in [7, 11) is 0. The molecule has 0 atom stereocenters. The summed E-state index contributed by atoms with van der Waals surface area (Å²) in [5.74, 6) is -0.949. The predicted octanol–water partition coefficient (Wildman–Crippen LogP) is 4.72. The van der Waals surface area contributed by atoms with Crippen LogP contribution in [0.2, 0.25) is 0 Å². The highest BCUT2D eigenvalue weighted by molar-refractivity contribution is 9.14. The van der Waals surface area contributed by atoms with Crippen LogP contribution < -0.4 is 0 Å². The molecule has 0 aromatic heterocycles. The summed E-state index contributed by atoms with van der Waals surface area (Å²) in [6, 6.07) is 3.21. The fourth-order valence-corrected chi connectivity index (χ4v) is 2.35. The third-order valence-corrected chi connectivity index (χ3v) is 5.05. The molecule has 1 rings (SSSR count). The second-order valence-electron chi connectivity index (χ2n) is 2.81. The molecule has 1 aromatic carbocycles. The third kappa shape index (κ3) is 5.99. The first-order chi connectivity index (χ1) is 7.95. The van der Waals surface area contributed by atoms with Gasteiger partial charge in [0.05, 0.1) is 5.56 Å². The maximum atomic E-state index is 10.6. The van der Waals surface area contributed by atoms with Gasteiger partial charge in [0.1, 0.15) is 0 Å². The normalized spacial score (nSPS) is 9.47. The van der Waals surface area contributed by atoms with Crippen LogP contribution in [0.5, 0.6) is 0 Å². The van der Waals surface area contributed by atoms with Crippen molar-refractivity contribution in [1.82, 2.24) is 0 Å². The van der Waals surface area contributed by atoms with Crippen molar-refractivity contribution < 1.29 is 14.6 Å². The minimum atomic E-state index is -0.949. The number of aromatic carboxylic acids is 1. The van der Waals surface area contributed by atoms with E-state index < -0.39 is 5.97 Å². The van der Waals surface area contributed by atoms with Gasteiger partial charge in [-0.25, -0.2) is 4.79 Å². The number of hydrogen-bond donors (Lipinski definition) is 1. The molecule has 0 saturated heterocycles. The molecule has 1 N–H and O–H groups in total. The molecule has 1 aromatic rings. The van der Waals surface area contributed by atoms with Crippen LogP contribution in [0.25, 0.3) is 0 Å². The number of rotatable bonds is 3. The zero-order chi connectivity index (χ0) is 13.4. The van der Waals surface area contributed by atoms with E-state index in [1.807, 2.05) is 13.8 Å². The summed E-state index contributed by atoms with van der Waals surface area (Å²) < 4.78 is 6.91. The first-order valence-corrected chi connectivity index (χ1v) is 7.28. The van der Waals surface area contributed by atoms with Gasteiger partial charge in [-0.2, -0.15) is 0 Å². The molecule has 0 radical (unpaired) electrons. The van der Waals surface area contributed by atoms with Crippen LogP contribution in [0.1, 0.15) is 24.2 Å². The smallest absolute Gasteiger partial charge is 0.336 e. The van der Waals surface area contributed by atoms with E-state index in [9.17, 15) is 4.79 Å². The van der Waals surface area contributed by atoms with Gasteiger partial charge in [0.25, 0.3) is 0 Å². The summed E-state index contributed by atoms with van der Waals surface area (Å²) in [5, 5.41) is 8.71. The van der Waals surface area contributed by atoms with Crippen molar-refractivity contribution in [3.05, 3.63) is 31.1 Å². The number of halogens is 3. The number of ether oxygens (including phenoxy) is 1. The molecule has 6 heteroatoms. The Morgan fingerprint density at radius 3 is 2.06 bits per heavy atom. The second kappa shape index (κ2) is 9.08. The summed E-state index contributed by atoms with van der Waals surface area (Å²) in [4.78, 5) is 10.6. The zero-order valence-corrected chi connectivity index (χ0v) is 14.2. The topological polar surface area (TPSA) is 46.5 Å². The summed E-state index contributed by atoms with van der Waals surface area (Å²) in [6.45, 7) is 5.67. The third-order valence-electron chi connectivity index (χ3n) is 1.67. The first-order valence-electron chi connectivity index (χ1n) is 4.90. The van der Waals surface area contributed by atoms with E-state index in [4.69, 9.17) is 9.84 Å². The van der Waals surface area contributed by atoms with Crippen molar-refractivity contribution in [3.8, 4) is 0 Å². The fraction of sp³-hybridized carbons (Fsp3) is 0.364. The predicted molar refractivity (Wildman–Crippen MR) is 78.7 cm³/mol. The van der Waals surface area contributed by atoms with Crippen molar-refractivity contribution in [2.75, 3.05) is 13.2 Å². The van der Waals surface area contributed by atoms with E-state index in [1.165, 1.54) is 6.07 Å². The molecule has 0 amide bonds. The van der Waals surface area contributed by atoms with E-state index in [0.29, 0.717) is 8.95 Å². The SMILES string of the molecule is CCOCC.O=C(O)c1ccc(Br)c(Br)c1Br. The van der Waals surface area contributed by atoms with Gasteiger partial charge in [0.15, 0.2) is 0 Å². The van der Waals surface area contributed by atoms with Gasteiger partial charge in [-0.1, -0.05) is 0 Å². The Bertz CT molecular complexity index is 378. The molecular formula is C11H13Br3O3. The molecule has 0 aliphatic carbocycles. The maximum Gasteiger partial charge on any atom is 0.336 e.